The van der Waals surface area contributed by atoms with Gasteiger partial charge in [-0.15, -0.1) is 0 Å². The fourth-order valence-electron chi connectivity index (χ4n) is 2.51. The number of benzene rings is 1. The van der Waals surface area contributed by atoms with Gasteiger partial charge in [-0.25, -0.2) is 0 Å². The highest BCUT2D eigenvalue weighted by molar-refractivity contribution is 5.92. The zero-order valence-electron chi connectivity index (χ0n) is 12.5. The van der Waals surface area contributed by atoms with Gasteiger partial charge in [-0.1, -0.05) is 33.1 Å². The molecule has 1 aliphatic carbocycles. The van der Waals surface area contributed by atoms with Crippen molar-refractivity contribution in [3.8, 4) is 5.75 Å². The Morgan fingerprint density at radius 2 is 1.85 bits per heavy atom. The molecule has 0 unspecified atom stereocenters. The Kier molecular flexibility index (Phi) is 5.45. The van der Waals surface area contributed by atoms with E-state index >= 15 is 0 Å². The summed E-state index contributed by atoms with van der Waals surface area (Å²) < 4.78 is 5.63. The number of hydrogen-bond acceptors (Lipinski definition) is 2. The molecule has 1 saturated carbocycles. The third-order valence-corrected chi connectivity index (χ3v) is 3.68. The molecule has 1 aromatic carbocycles. The first-order chi connectivity index (χ1) is 9.65. The lowest BCUT2D eigenvalue weighted by Gasteiger charge is -2.20. The second-order valence-electron chi connectivity index (χ2n) is 6.05. The highest BCUT2D eigenvalue weighted by atomic mass is 16.5. The van der Waals surface area contributed by atoms with Gasteiger partial charge >= 0.3 is 0 Å². The molecule has 1 aromatic rings. The van der Waals surface area contributed by atoms with Gasteiger partial charge in [0, 0.05) is 11.6 Å². The van der Waals surface area contributed by atoms with Crippen molar-refractivity contribution in [3.05, 3.63) is 24.3 Å². The first kappa shape index (κ1) is 14.9. The molecular weight excluding hydrogens is 250 g/mol. The molecule has 1 N–H and O–H groups in total. The van der Waals surface area contributed by atoms with Crippen molar-refractivity contribution in [2.45, 2.75) is 46.0 Å². The van der Waals surface area contributed by atoms with Crippen LogP contribution < -0.4 is 10.1 Å². The Balaban J connectivity index is 1.84. The molecule has 1 aliphatic rings. The zero-order chi connectivity index (χ0) is 14.4. The van der Waals surface area contributed by atoms with Crippen molar-refractivity contribution < 1.29 is 9.53 Å². The number of carbonyl (C=O) groups excluding carboxylic acids is 1. The van der Waals surface area contributed by atoms with E-state index in [1.807, 2.05) is 24.3 Å². The summed E-state index contributed by atoms with van der Waals surface area (Å²) in [5, 5.41) is 3.01. The van der Waals surface area contributed by atoms with Crippen molar-refractivity contribution in [1.82, 2.24) is 0 Å². The summed E-state index contributed by atoms with van der Waals surface area (Å²) in [4.78, 5) is 12.1. The van der Waals surface area contributed by atoms with E-state index in [2.05, 4.69) is 19.2 Å². The molecule has 0 aliphatic heterocycles. The Hall–Kier alpha value is -1.51. The van der Waals surface area contributed by atoms with Gasteiger partial charge in [0.1, 0.15) is 5.75 Å². The van der Waals surface area contributed by atoms with Crippen LogP contribution in [0.25, 0.3) is 0 Å². The van der Waals surface area contributed by atoms with Gasteiger partial charge in [0.15, 0.2) is 0 Å². The molecule has 3 heteroatoms. The second-order valence-corrected chi connectivity index (χ2v) is 6.05. The van der Waals surface area contributed by atoms with Crippen LogP contribution in [-0.4, -0.2) is 12.5 Å². The third-order valence-electron chi connectivity index (χ3n) is 3.68. The van der Waals surface area contributed by atoms with Crippen molar-refractivity contribution in [2.24, 2.45) is 11.8 Å². The van der Waals surface area contributed by atoms with Crippen LogP contribution in [0.1, 0.15) is 46.0 Å². The van der Waals surface area contributed by atoms with E-state index in [1.165, 1.54) is 19.3 Å². The molecule has 0 bridgehead atoms. The topological polar surface area (TPSA) is 38.3 Å². The van der Waals surface area contributed by atoms with Gasteiger partial charge in [-0.2, -0.15) is 0 Å². The first-order valence-corrected chi connectivity index (χ1v) is 7.69. The SMILES string of the molecule is CC(C)COc1ccc(NC(=O)C2CCCCC2)cc1. The number of anilines is 1. The third kappa shape index (κ3) is 4.55. The zero-order valence-corrected chi connectivity index (χ0v) is 12.5. The maximum atomic E-state index is 12.1. The average molecular weight is 275 g/mol. The lowest BCUT2D eigenvalue weighted by Crippen LogP contribution is -2.24. The predicted molar refractivity (Wildman–Crippen MR) is 82.0 cm³/mol. The quantitative estimate of drug-likeness (QED) is 0.872. The standard InChI is InChI=1S/C17H25NO2/c1-13(2)12-20-16-10-8-15(9-11-16)18-17(19)14-6-4-3-5-7-14/h8-11,13-14H,3-7,12H2,1-2H3,(H,18,19). The minimum atomic E-state index is 0.167. The summed E-state index contributed by atoms with van der Waals surface area (Å²) >= 11 is 0. The summed E-state index contributed by atoms with van der Waals surface area (Å²) in [6.07, 6.45) is 5.69. The number of ether oxygens (including phenoxy) is 1. The van der Waals surface area contributed by atoms with Crippen LogP contribution in [0.4, 0.5) is 5.69 Å². The van der Waals surface area contributed by atoms with E-state index in [4.69, 9.17) is 4.74 Å². The van der Waals surface area contributed by atoms with Crippen molar-refractivity contribution in [1.29, 1.82) is 0 Å². The van der Waals surface area contributed by atoms with Crippen molar-refractivity contribution in [2.75, 3.05) is 11.9 Å². The molecule has 0 spiro atoms. The van der Waals surface area contributed by atoms with Gasteiger partial charge in [0.2, 0.25) is 5.91 Å². The van der Waals surface area contributed by atoms with Crippen LogP contribution >= 0.6 is 0 Å². The van der Waals surface area contributed by atoms with E-state index in [0.717, 1.165) is 24.3 Å². The van der Waals surface area contributed by atoms with Gasteiger partial charge in [-0.05, 0) is 43.0 Å². The minimum Gasteiger partial charge on any atom is -0.493 e. The molecule has 0 radical (unpaired) electrons. The Labute approximate surface area is 121 Å². The summed E-state index contributed by atoms with van der Waals surface area (Å²) in [5.41, 5.74) is 0.859. The minimum absolute atomic E-state index is 0.167. The predicted octanol–water partition coefficient (Wildman–Crippen LogP) is 4.24. The molecule has 1 amide bonds. The lowest BCUT2D eigenvalue weighted by molar-refractivity contribution is -0.120. The average Bonchev–Trinajstić information content (AvgIpc) is 2.47. The summed E-state index contributed by atoms with van der Waals surface area (Å²) in [6, 6.07) is 7.66. The van der Waals surface area contributed by atoms with E-state index in [0.29, 0.717) is 12.5 Å². The fraction of sp³-hybridized carbons (Fsp3) is 0.588. The van der Waals surface area contributed by atoms with Crippen LogP contribution in [0.2, 0.25) is 0 Å². The molecule has 0 atom stereocenters. The number of rotatable bonds is 5. The van der Waals surface area contributed by atoms with Crippen LogP contribution in [0, 0.1) is 11.8 Å². The summed E-state index contributed by atoms with van der Waals surface area (Å²) in [7, 11) is 0. The molecule has 0 heterocycles. The van der Waals surface area contributed by atoms with Crippen LogP contribution in [0.15, 0.2) is 24.3 Å². The number of hydrogen-bond donors (Lipinski definition) is 1. The van der Waals surface area contributed by atoms with Crippen LogP contribution in [-0.2, 0) is 4.79 Å². The Morgan fingerprint density at radius 1 is 1.20 bits per heavy atom. The smallest absolute Gasteiger partial charge is 0.227 e. The first-order valence-electron chi connectivity index (χ1n) is 7.69. The van der Waals surface area contributed by atoms with E-state index in [9.17, 15) is 4.79 Å². The molecule has 3 nitrogen and oxygen atoms in total. The van der Waals surface area contributed by atoms with Crippen molar-refractivity contribution in [3.63, 3.8) is 0 Å². The molecular formula is C17H25NO2. The normalized spacial score (nSPS) is 16.1. The van der Waals surface area contributed by atoms with Gasteiger partial charge in [0.25, 0.3) is 0 Å². The molecule has 20 heavy (non-hydrogen) atoms. The maximum Gasteiger partial charge on any atom is 0.227 e. The molecule has 0 saturated heterocycles. The number of amides is 1. The Morgan fingerprint density at radius 3 is 2.45 bits per heavy atom. The summed E-state index contributed by atoms with van der Waals surface area (Å²) in [6.45, 7) is 4.96. The highest BCUT2D eigenvalue weighted by Gasteiger charge is 2.20. The fourth-order valence-corrected chi connectivity index (χ4v) is 2.51. The summed E-state index contributed by atoms with van der Waals surface area (Å²) in [5.74, 6) is 1.73. The van der Waals surface area contributed by atoms with Crippen LogP contribution in [0.3, 0.4) is 0 Å². The van der Waals surface area contributed by atoms with Gasteiger partial charge < -0.3 is 10.1 Å². The van der Waals surface area contributed by atoms with E-state index in [1.54, 1.807) is 0 Å². The van der Waals surface area contributed by atoms with Gasteiger partial charge in [-0.3, -0.25) is 4.79 Å². The second kappa shape index (κ2) is 7.32. The van der Waals surface area contributed by atoms with E-state index in [-0.39, 0.29) is 11.8 Å². The van der Waals surface area contributed by atoms with Gasteiger partial charge in [0.05, 0.1) is 6.61 Å². The molecule has 1 fully saturated rings. The number of carbonyl (C=O) groups is 1. The number of nitrogens with one attached hydrogen (secondary N) is 1. The highest BCUT2D eigenvalue weighted by Crippen LogP contribution is 2.25. The molecule has 2 rings (SSSR count). The van der Waals surface area contributed by atoms with Crippen molar-refractivity contribution >= 4 is 11.6 Å². The monoisotopic (exact) mass is 275 g/mol. The molecule has 110 valence electrons. The maximum absolute atomic E-state index is 12.1. The van der Waals surface area contributed by atoms with E-state index < -0.39 is 0 Å². The molecule has 0 aromatic heterocycles. The largest absolute Gasteiger partial charge is 0.493 e. The Bertz CT molecular complexity index is 419. The van der Waals surface area contributed by atoms with Crippen LogP contribution in [0.5, 0.6) is 5.75 Å². The lowest BCUT2D eigenvalue weighted by atomic mass is 9.88.